The Bertz CT molecular complexity index is 1170. The van der Waals surface area contributed by atoms with Crippen molar-refractivity contribution >= 4 is 49.3 Å². The van der Waals surface area contributed by atoms with Gasteiger partial charge >= 0.3 is 0 Å². The zero-order valence-electron chi connectivity index (χ0n) is 16.7. The van der Waals surface area contributed by atoms with Crippen LogP contribution in [-0.2, 0) is 12.8 Å². The number of aromatic nitrogens is 3. The van der Waals surface area contributed by atoms with Crippen LogP contribution in [0.25, 0.3) is 31.9 Å². The number of thioether (sulfide) groups is 1. The van der Waals surface area contributed by atoms with Crippen molar-refractivity contribution in [3.8, 4) is 11.5 Å². The highest BCUT2D eigenvalue weighted by Crippen LogP contribution is 2.44. The molecule has 4 heterocycles. The van der Waals surface area contributed by atoms with Gasteiger partial charge in [-0.3, -0.25) is 0 Å². The minimum absolute atomic E-state index is 0.817. The highest BCUT2D eigenvalue weighted by Gasteiger charge is 2.26. The number of thiophene rings is 1. The highest BCUT2D eigenvalue weighted by atomic mass is 32.2. The molecule has 0 radical (unpaired) electrons. The second kappa shape index (κ2) is 7.95. The molecule has 4 aromatic rings. The van der Waals surface area contributed by atoms with Crippen LogP contribution in [-0.4, -0.2) is 27.8 Å². The Labute approximate surface area is 178 Å². The van der Waals surface area contributed by atoms with E-state index in [9.17, 15) is 0 Å². The Morgan fingerprint density at radius 3 is 2.86 bits per heavy atom. The third-order valence-electron chi connectivity index (χ3n) is 5.52. The van der Waals surface area contributed by atoms with E-state index in [2.05, 4.69) is 12.2 Å². The molecule has 7 heteroatoms. The van der Waals surface area contributed by atoms with Gasteiger partial charge in [0.2, 0.25) is 0 Å². The van der Waals surface area contributed by atoms with Gasteiger partial charge in [0.15, 0.2) is 10.9 Å². The first kappa shape index (κ1) is 18.9. The molecule has 1 aliphatic carbocycles. The summed E-state index contributed by atoms with van der Waals surface area (Å²) >= 11 is 3.29. The molecule has 29 heavy (non-hydrogen) atoms. The van der Waals surface area contributed by atoms with Crippen LogP contribution in [0.1, 0.15) is 43.7 Å². The second-order valence-electron chi connectivity index (χ2n) is 7.40. The maximum Gasteiger partial charge on any atom is 0.189 e. The predicted molar refractivity (Wildman–Crippen MR) is 122 cm³/mol. The van der Waals surface area contributed by atoms with Crippen molar-refractivity contribution in [3.05, 3.63) is 29.5 Å². The van der Waals surface area contributed by atoms with Gasteiger partial charge < -0.3 is 9.73 Å². The van der Waals surface area contributed by atoms with Crippen molar-refractivity contribution in [1.29, 1.82) is 0 Å². The molecule has 0 spiro atoms. The normalized spacial score (nSPS) is 13.4. The molecule has 0 saturated carbocycles. The fourth-order valence-electron chi connectivity index (χ4n) is 4.16. The van der Waals surface area contributed by atoms with Crippen LogP contribution in [0.3, 0.4) is 0 Å². The molecule has 150 valence electrons. The summed E-state index contributed by atoms with van der Waals surface area (Å²) in [5.41, 5.74) is 4.78. The minimum Gasteiger partial charge on any atom is -0.463 e. The van der Waals surface area contributed by atoms with Crippen LogP contribution in [0.2, 0.25) is 0 Å². The fourth-order valence-corrected chi connectivity index (χ4v) is 5.63. The van der Waals surface area contributed by atoms with Crippen LogP contribution in [0, 0.1) is 0 Å². The van der Waals surface area contributed by atoms with E-state index in [0.29, 0.717) is 0 Å². The number of unbranched alkanes of at least 4 members (excludes halogenated alkanes) is 2. The van der Waals surface area contributed by atoms with Crippen molar-refractivity contribution in [1.82, 2.24) is 15.0 Å². The summed E-state index contributed by atoms with van der Waals surface area (Å²) in [6.07, 6.45) is 10.6. The van der Waals surface area contributed by atoms with Crippen molar-refractivity contribution in [2.75, 3.05) is 18.1 Å². The molecule has 0 fully saturated rings. The Kier molecular flexibility index (Phi) is 5.18. The number of furan rings is 1. The van der Waals surface area contributed by atoms with Gasteiger partial charge in [0.05, 0.1) is 16.5 Å². The van der Waals surface area contributed by atoms with Crippen molar-refractivity contribution < 1.29 is 4.42 Å². The summed E-state index contributed by atoms with van der Waals surface area (Å²) in [4.78, 5) is 15.8. The lowest BCUT2D eigenvalue weighted by atomic mass is 10.0. The molecular weight excluding hydrogens is 400 g/mol. The largest absolute Gasteiger partial charge is 0.463 e. The summed E-state index contributed by atoms with van der Waals surface area (Å²) in [6.45, 7) is 3.16. The minimum atomic E-state index is 0.817. The van der Waals surface area contributed by atoms with E-state index >= 15 is 0 Å². The van der Waals surface area contributed by atoms with Crippen LogP contribution in [0.15, 0.2) is 28.0 Å². The van der Waals surface area contributed by atoms with Crippen molar-refractivity contribution in [3.63, 3.8) is 0 Å². The Hall–Kier alpha value is -2.12. The summed E-state index contributed by atoms with van der Waals surface area (Å²) in [6, 6.07) is 3.94. The highest BCUT2D eigenvalue weighted by molar-refractivity contribution is 7.98. The third kappa shape index (κ3) is 3.30. The van der Waals surface area contributed by atoms with Gasteiger partial charge in [0.1, 0.15) is 16.3 Å². The predicted octanol–water partition coefficient (Wildman–Crippen LogP) is 6.31. The first-order chi connectivity index (χ1) is 14.3. The zero-order valence-corrected chi connectivity index (χ0v) is 18.4. The van der Waals surface area contributed by atoms with E-state index in [1.165, 1.54) is 29.4 Å². The zero-order chi connectivity index (χ0) is 19.8. The second-order valence-corrected chi connectivity index (χ2v) is 9.17. The summed E-state index contributed by atoms with van der Waals surface area (Å²) in [7, 11) is 0. The van der Waals surface area contributed by atoms with E-state index in [1.54, 1.807) is 29.4 Å². The lowest BCUT2D eigenvalue weighted by molar-refractivity contribution is 0.579. The Morgan fingerprint density at radius 2 is 2.07 bits per heavy atom. The molecule has 1 aliphatic rings. The van der Waals surface area contributed by atoms with E-state index in [-0.39, 0.29) is 0 Å². The van der Waals surface area contributed by atoms with Crippen LogP contribution in [0.4, 0.5) is 5.82 Å². The number of nitrogens with one attached hydrogen (secondary N) is 1. The number of hydrogen-bond acceptors (Lipinski definition) is 7. The number of nitrogens with zero attached hydrogens (tertiary/aromatic N) is 3. The topological polar surface area (TPSA) is 63.8 Å². The molecule has 0 aromatic carbocycles. The van der Waals surface area contributed by atoms with E-state index in [0.717, 1.165) is 69.7 Å². The Morgan fingerprint density at radius 1 is 1.17 bits per heavy atom. The molecule has 0 bridgehead atoms. The monoisotopic (exact) mass is 424 g/mol. The number of pyridine rings is 1. The van der Waals surface area contributed by atoms with E-state index in [4.69, 9.17) is 19.4 Å². The average molecular weight is 425 g/mol. The van der Waals surface area contributed by atoms with Gasteiger partial charge in [0.25, 0.3) is 0 Å². The number of aryl methyl sites for hydroxylation is 1. The van der Waals surface area contributed by atoms with Crippen molar-refractivity contribution in [2.45, 2.75) is 50.6 Å². The van der Waals surface area contributed by atoms with Crippen LogP contribution < -0.4 is 5.32 Å². The number of anilines is 1. The molecule has 0 unspecified atom stereocenters. The molecule has 0 aliphatic heterocycles. The fraction of sp³-hybridized carbons (Fsp3) is 0.409. The standard InChI is InChI=1S/C22H24N4OS2/c1-3-4-5-11-23-20-19-18(25-22(26-20)28-2)16-13-8-6-9-14(13)17(24-21(16)29-19)15-10-7-12-27-15/h7,10,12H,3-6,8-9,11H2,1-2H3,(H,23,25,26). The van der Waals surface area contributed by atoms with E-state index < -0.39 is 0 Å². The summed E-state index contributed by atoms with van der Waals surface area (Å²) in [5, 5.41) is 5.61. The molecule has 1 N–H and O–H groups in total. The third-order valence-corrected chi connectivity index (χ3v) is 7.15. The summed E-state index contributed by atoms with van der Waals surface area (Å²) < 4.78 is 6.82. The quantitative estimate of drug-likeness (QED) is 0.213. The Balaban J connectivity index is 1.71. The molecule has 5 nitrogen and oxygen atoms in total. The first-order valence-corrected chi connectivity index (χ1v) is 12.3. The molecule has 5 rings (SSSR count). The smallest absolute Gasteiger partial charge is 0.189 e. The molecule has 4 aromatic heterocycles. The lowest BCUT2D eigenvalue weighted by Gasteiger charge is -2.08. The SMILES string of the molecule is CCCCCNc1nc(SC)nc2c1sc1nc(-c3ccco3)c3c(c12)CCC3. The van der Waals surface area contributed by atoms with Gasteiger partial charge in [-0.2, -0.15) is 0 Å². The number of fused-ring (bicyclic) bond motifs is 5. The number of rotatable bonds is 7. The maximum atomic E-state index is 5.70. The first-order valence-electron chi connectivity index (χ1n) is 10.3. The van der Waals surface area contributed by atoms with Crippen molar-refractivity contribution in [2.24, 2.45) is 0 Å². The van der Waals surface area contributed by atoms with E-state index in [1.807, 2.05) is 18.4 Å². The summed E-state index contributed by atoms with van der Waals surface area (Å²) in [5.74, 6) is 1.81. The van der Waals surface area contributed by atoms with Gasteiger partial charge in [-0.05, 0) is 55.2 Å². The lowest BCUT2D eigenvalue weighted by Crippen LogP contribution is -2.04. The van der Waals surface area contributed by atoms with Gasteiger partial charge in [-0.25, -0.2) is 15.0 Å². The average Bonchev–Trinajstić information content (AvgIpc) is 3.49. The van der Waals surface area contributed by atoms with Gasteiger partial charge in [-0.1, -0.05) is 31.5 Å². The molecule has 0 atom stereocenters. The van der Waals surface area contributed by atoms with Gasteiger partial charge in [-0.15, -0.1) is 11.3 Å². The van der Waals surface area contributed by atoms with Crippen LogP contribution >= 0.6 is 23.1 Å². The van der Waals surface area contributed by atoms with Gasteiger partial charge in [0, 0.05) is 11.9 Å². The van der Waals surface area contributed by atoms with Crippen LogP contribution in [0.5, 0.6) is 0 Å². The maximum absolute atomic E-state index is 5.70. The molecule has 0 saturated heterocycles. The number of hydrogen-bond donors (Lipinski definition) is 1. The molecular formula is C22H24N4OS2. The molecule has 0 amide bonds.